The van der Waals surface area contributed by atoms with Crippen LogP contribution in [-0.4, -0.2) is 49.6 Å². The van der Waals surface area contributed by atoms with Gasteiger partial charge in [0.25, 0.3) is 0 Å². The average molecular weight is 304 g/mol. The normalized spacial score (nSPS) is 24.9. The third-order valence-corrected chi connectivity index (χ3v) is 4.58. The fraction of sp³-hybridized carbons (Fsp3) is 0.933. The molecule has 2 N–H and O–H groups in total. The summed E-state index contributed by atoms with van der Waals surface area (Å²) in [6.07, 6.45) is 7.32. The number of nitrogens with zero attached hydrogens (tertiary/aromatic N) is 1. The standard InChI is InChI=1S/C15H29N3O.ClH/c1-13-11-16-8-10-18(13)9-7-15(19)17-12-14-5-3-2-4-6-14;/h13-14,16H,2-12H2,1H3,(H,17,19);1H/t13-;/m0./s1. The first kappa shape index (κ1) is 17.7. The van der Waals surface area contributed by atoms with Crippen LogP contribution in [0.15, 0.2) is 0 Å². The van der Waals surface area contributed by atoms with E-state index in [0.717, 1.165) is 38.6 Å². The Morgan fingerprint density at radius 3 is 2.75 bits per heavy atom. The molecule has 1 aliphatic carbocycles. The zero-order valence-electron chi connectivity index (χ0n) is 12.7. The van der Waals surface area contributed by atoms with Crippen LogP contribution in [-0.2, 0) is 4.79 Å². The van der Waals surface area contributed by atoms with Gasteiger partial charge in [0.15, 0.2) is 0 Å². The van der Waals surface area contributed by atoms with Crippen LogP contribution in [0.3, 0.4) is 0 Å². The minimum atomic E-state index is 0. The lowest BCUT2D eigenvalue weighted by Gasteiger charge is -2.33. The Hall–Kier alpha value is -0.320. The number of rotatable bonds is 5. The van der Waals surface area contributed by atoms with Gasteiger partial charge in [-0.1, -0.05) is 19.3 Å². The van der Waals surface area contributed by atoms with Crippen LogP contribution in [0.5, 0.6) is 0 Å². The molecule has 1 heterocycles. The number of piperazine rings is 1. The molecule has 2 fully saturated rings. The van der Waals surface area contributed by atoms with Gasteiger partial charge < -0.3 is 10.6 Å². The highest BCUT2D eigenvalue weighted by molar-refractivity contribution is 5.85. The monoisotopic (exact) mass is 303 g/mol. The van der Waals surface area contributed by atoms with E-state index in [1.54, 1.807) is 0 Å². The van der Waals surface area contributed by atoms with E-state index in [2.05, 4.69) is 22.5 Å². The van der Waals surface area contributed by atoms with Gasteiger partial charge in [0, 0.05) is 45.2 Å². The first-order chi connectivity index (χ1) is 9.25. The molecule has 1 atom stereocenters. The quantitative estimate of drug-likeness (QED) is 0.814. The second-order valence-electron chi connectivity index (χ2n) is 6.15. The van der Waals surface area contributed by atoms with Crippen molar-refractivity contribution >= 4 is 18.3 Å². The summed E-state index contributed by atoms with van der Waals surface area (Å²) in [7, 11) is 0. The van der Waals surface area contributed by atoms with Crippen molar-refractivity contribution in [2.75, 3.05) is 32.7 Å². The van der Waals surface area contributed by atoms with Crippen molar-refractivity contribution in [3.8, 4) is 0 Å². The summed E-state index contributed by atoms with van der Waals surface area (Å²) < 4.78 is 0. The number of amides is 1. The number of nitrogens with one attached hydrogen (secondary N) is 2. The van der Waals surface area contributed by atoms with E-state index in [4.69, 9.17) is 0 Å². The second-order valence-corrected chi connectivity index (χ2v) is 6.15. The van der Waals surface area contributed by atoms with Crippen molar-refractivity contribution in [1.82, 2.24) is 15.5 Å². The van der Waals surface area contributed by atoms with Crippen molar-refractivity contribution in [3.63, 3.8) is 0 Å². The first-order valence-corrected chi connectivity index (χ1v) is 7.97. The number of hydrogen-bond acceptors (Lipinski definition) is 3. The van der Waals surface area contributed by atoms with Gasteiger partial charge in [0.1, 0.15) is 0 Å². The van der Waals surface area contributed by atoms with E-state index in [9.17, 15) is 4.79 Å². The minimum absolute atomic E-state index is 0. The topological polar surface area (TPSA) is 44.4 Å². The van der Waals surface area contributed by atoms with Gasteiger partial charge in [-0.05, 0) is 25.7 Å². The summed E-state index contributed by atoms with van der Waals surface area (Å²) in [5, 5.41) is 6.50. The maximum absolute atomic E-state index is 11.9. The molecule has 5 heteroatoms. The largest absolute Gasteiger partial charge is 0.356 e. The Morgan fingerprint density at radius 2 is 2.05 bits per heavy atom. The highest BCUT2D eigenvalue weighted by Gasteiger charge is 2.19. The van der Waals surface area contributed by atoms with Crippen LogP contribution in [0.2, 0.25) is 0 Å². The molecule has 0 aromatic carbocycles. The lowest BCUT2D eigenvalue weighted by Crippen LogP contribution is -2.50. The molecule has 0 aromatic heterocycles. The van der Waals surface area contributed by atoms with Crippen molar-refractivity contribution in [2.45, 2.75) is 51.5 Å². The fourth-order valence-corrected chi connectivity index (χ4v) is 3.20. The van der Waals surface area contributed by atoms with E-state index in [-0.39, 0.29) is 18.3 Å². The number of carbonyl (C=O) groups excluding carboxylic acids is 1. The van der Waals surface area contributed by atoms with Crippen LogP contribution in [0.25, 0.3) is 0 Å². The highest BCUT2D eigenvalue weighted by Crippen LogP contribution is 2.22. The van der Waals surface area contributed by atoms with E-state index in [1.807, 2.05) is 0 Å². The molecular weight excluding hydrogens is 274 g/mol. The molecule has 20 heavy (non-hydrogen) atoms. The second kappa shape index (κ2) is 9.59. The van der Waals surface area contributed by atoms with Crippen LogP contribution in [0, 0.1) is 5.92 Å². The number of halogens is 1. The summed E-state index contributed by atoms with van der Waals surface area (Å²) in [6.45, 7) is 7.19. The van der Waals surface area contributed by atoms with Gasteiger partial charge in [0.05, 0.1) is 0 Å². The van der Waals surface area contributed by atoms with E-state index in [1.165, 1.54) is 32.1 Å². The maximum atomic E-state index is 11.9. The van der Waals surface area contributed by atoms with Crippen molar-refractivity contribution in [1.29, 1.82) is 0 Å². The molecule has 0 bridgehead atoms. The van der Waals surface area contributed by atoms with Gasteiger partial charge >= 0.3 is 0 Å². The molecule has 118 valence electrons. The average Bonchev–Trinajstić information content (AvgIpc) is 2.45. The molecule has 1 saturated heterocycles. The molecule has 1 aliphatic heterocycles. The highest BCUT2D eigenvalue weighted by atomic mass is 35.5. The maximum Gasteiger partial charge on any atom is 0.221 e. The Morgan fingerprint density at radius 1 is 1.30 bits per heavy atom. The summed E-state index contributed by atoms with van der Waals surface area (Å²) in [6, 6.07) is 0.555. The Labute approximate surface area is 129 Å². The predicted molar refractivity (Wildman–Crippen MR) is 85.4 cm³/mol. The van der Waals surface area contributed by atoms with E-state index >= 15 is 0 Å². The summed E-state index contributed by atoms with van der Waals surface area (Å²) >= 11 is 0. The van der Waals surface area contributed by atoms with Gasteiger partial charge in [-0.15, -0.1) is 12.4 Å². The summed E-state index contributed by atoms with van der Waals surface area (Å²) in [5.74, 6) is 0.965. The Balaban J connectivity index is 0.00000200. The van der Waals surface area contributed by atoms with Crippen LogP contribution in [0.4, 0.5) is 0 Å². The van der Waals surface area contributed by atoms with Gasteiger partial charge in [-0.3, -0.25) is 9.69 Å². The first-order valence-electron chi connectivity index (χ1n) is 7.97. The van der Waals surface area contributed by atoms with Gasteiger partial charge in [-0.25, -0.2) is 0 Å². The molecule has 0 radical (unpaired) electrons. The minimum Gasteiger partial charge on any atom is -0.356 e. The molecule has 2 rings (SSSR count). The summed E-state index contributed by atoms with van der Waals surface area (Å²) in [5.41, 5.74) is 0. The van der Waals surface area contributed by atoms with Crippen LogP contribution >= 0.6 is 12.4 Å². The summed E-state index contributed by atoms with van der Waals surface area (Å²) in [4.78, 5) is 14.3. The van der Waals surface area contributed by atoms with E-state index in [0.29, 0.717) is 12.5 Å². The zero-order valence-corrected chi connectivity index (χ0v) is 13.5. The Bertz CT molecular complexity index is 282. The van der Waals surface area contributed by atoms with Gasteiger partial charge in [-0.2, -0.15) is 0 Å². The Kier molecular flexibility index (Phi) is 8.50. The lowest BCUT2D eigenvalue weighted by atomic mass is 9.89. The molecular formula is C15H30ClN3O. The number of hydrogen-bond donors (Lipinski definition) is 2. The smallest absolute Gasteiger partial charge is 0.221 e. The number of carbonyl (C=O) groups is 1. The van der Waals surface area contributed by atoms with E-state index < -0.39 is 0 Å². The molecule has 1 saturated carbocycles. The molecule has 2 aliphatic rings. The molecule has 0 aromatic rings. The predicted octanol–water partition coefficient (Wildman–Crippen LogP) is 1.79. The van der Waals surface area contributed by atoms with Crippen molar-refractivity contribution in [3.05, 3.63) is 0 Å². The molecule has 4 nitrogen and oxygen atoms in total. The van der Waals surface area contributed by atoms with Crippen molar-refractivity contribution < 1.29 is 4.79 Å². The lowest BCUT2D eigenvalue weighted by molar-refractivity contribution is -0.121. The molecule has 0 spiro atoms. The third kappa shape index (κ3) is 5.98. The van der Waals surface area contributed by atoms with Gasteiger partial charge in [0.2, 0.25) is 5.91 Å². The fourth-order valence-electron chi connectivity index (χ4n) is 3.20. The SMILES string of the molecule is C[C@H]1CNCCN1CCC(=O)NCC1CCCCC1.Cl. The molecule has 0 unspecified atom stereocenters. The third-order valence-electron chi connectivity index (χ3n) is 4.58. The van der Waals surface area contributed by atoms with Crippen LogP contribution < -0.4 is 10.6 Å². The van der Waals surface area contributed by atoms with Crippen molar-refractivity contribution in [2.24, 2.45) is 5.92 Å². The zero-order chi connectivity index (χ0) is 13.5. The van der Waals surface area contributed by atoms with Crippen LogP contribution in [0.1, 0.15) is 45.4 Å². The molecule has 1 amide bonds.